The molecule has 0 radical (unpaired) electrons. The highest BCUT2D eigenvalue weighted by Gasteiger charge is 2.19. The molecule has 3 N–H and O–H groups in total. The highest BCUT2D eigenvalue weighted by molar-refractivity contribution is 5.89. The Labute approximate surface area is 267 Å². The molecule has 3 aromatic rings. The average molecular weight is 654 g/mol. The number of aliphatic carboxylic acids is 1. The van der Waals surface area contributed by atoms with Crippen molar-refractivity contribution in [3.8, 4) is 22.6 Å². The zero-order valence-electron chi connectivity index (χ0n) is 26.2. The fourth-order valence-corrected chi connectivity index (χ4v) is 3.85. The molecule has 45 heavy (non-hydrogen) atoms. The SMILES string of the molecule is CC(C)(C)OC(=O)CNCC(=O)O.CCCOc1ccc(F)c2c(=O)c(-c3ccc(OC)cc3)cn(COC(=O)CNC)c12.Cl. The number of pyridine rings is 1. The van der Waals surface area contributed by atoms with Crippen LogP contribution in [0.15, 0.2) is 47.4 Å². The standard InChI is InChI=1S/C23H25FN2O5.C8H15NO4.ClH/c1-4-11-30-19-10-9-18(24)21-22(19)26(14-31-20(27)12-25-2)13-17(23(21)28)15-5-7-16(29-3)8-6-15;1-8(2,3)13-7(12)5-9-4-6(10)11;/h5-10,13,25H,4,11-12,14H2,1-3H3;9H,4-5H2,1-3H3,(H,10,11);1H. The number of hydrogen-bond acceptors (Lipinski definition) is 10. The summed E-state index contributed by atoms with van der Waals surface area (Å²) in [5, 5.41) is 13.3. The summed E-state index contributed by atoms with van der Waals surface area (Å²) in [6, 6.07) is 9.55. The van der Waals surface area contributed by atoms with Gasteiger partial charge in [-0.3, -0.25) is 24.5 Å². The van der Waals surface area contributed by atoms with E-state index in [1.54, 1.807) is 65.4 Å². The summed E-state index contributed by atoms with van der Waals surface area (Å²) in [6.07, 6.45) is 2.29. The normalized spacial score (nSPS) is 10.6. The molecule has 0 fully saturated rings. The summed E-state index contributed by atoms with van der Waals surface area (Å²) in [7, 11) is 3.18. The number of likely N-dealkylation sites (N-methyl/N-ethyl adjacent to an activating group) is 1. The maximum atomic E-state index is 14.9. The lowest BCUT2D eigenvalue weighted by atomic mass is 10.0. The van der Waals surface area contributed by atoms with E-state index in [-0.39, 0.29) is 55.2 Å². The second-order valence-electron chi connectivity index (χ2n) is 10.4. The molecule has 0 bridgehead atoms. The van der Waals surface area contributed by atoms with Crippen LogP contribution in [-0.2, 0) is 30.6 Å². The van der Waals surface area contributed by atoms with Gasteiger partial charge in [-0.2, -0.15) is 0 Å². The van der Waals surface area contributed by atoms with Crippen molar-refractivity contribution in [2.24, 2.45) is 0 Å². The van der Waals surface area contributed by atoms with Gasteiger partial charge in [0.05, 0.1) is 38.7 Å². The van der Waals surface area contributed by atoms with Gasteiger partial charge in [-0.15, -0.1) is 12.4 Å². The highest BCUT2D eigenvalue weighted by Crippen LogP contribution is 2.30. The molecule has 0 amide bonds. The van der Waals surface area contributed by atoms with E-state index in [2.05, 4.69) is 10.6 Å². The first-order chi connectivity index (χ1) is 20.8. The number of nitrogens with zero attached hydrogens (tertiary/aromatic N) is 1. The van der Waals surface area contributed by atoms with Crippen LogP contribution in [0.1, 0.15) is 34.1 Å². The van der Waals surface area contributed by atoms with E-state index in [9.17, 15) is 23.6 Å². The number of aromatic nitrogens is 1. The Kier molecular flexibility index (Phi) is 16.0. The summed E-state index contributed by atoms with van der Waals surface area (Å²) in [5.74, 6) is -1.62. The van der Waals surface area contributed by atoms with Crippen LogP contribution in [0.25, 0.3) is 22.0 Å². The summed E-state index contributed by atoms with van der Waals surface area (Å²) < 4.78 is 37.5. The number of ether oxygens (including phenoxy) is 4. The third kappa shape index (κ3) is 12.4. The number of carbonyl (C=O) groups is 3. The Hall–Kier alpha value is -4.20. The van der Waals surface area contributed by atoms with Crippen LogP contribution in [0.2, 0.25) is 0 Å². The number of fused-ring (bicyclic) bond motifs is 1. The summed E-state index contributed by atoms with van der Waals surface area (Å²) >= 11 is 0. The number of rotatable bonds is 13. The van der Waals surface area contributed by atoms with Gasteiger partial charge < -0.3 is 33.9 Å². The summed E-state index contributed by atoms with van der Waals surface area (Å²) in [6.45, 7) is 7.10. The zero-order valence-corrected chi connectivity index (χ0v) is 27.0. The fourth-order valence-electron chi connectivity index (χ4n) is 3.85. The minimum atomic E-state index is -0.997. The van der Waals surface area contributed by atoms with E-state index in [1.165, 1.54) is 16.7 Å². The smallest absolute Gasteiger partial charge is 0.321 e. The van der Waals surface area contributed by atoms with Crippen molar-refractivity contribution in [1.29, 1.82) is 0 Å². The number of hydrogen-bond donors (Lipinski definition) is 3. The predicted molar refractivity (Wildman–Crippen MR) is 170 cm³/mol. The molecule has 0 unspecified atom stereocenters. The van der Waals surface area contributed by atoms with E-state index in [0.29, 0.717) is 23.7 Å². The first kappa shape index (κ1) is 38.8. The minimum absolute atomic E-state index is 0. The van der Waals surface area contributed by atoms with Crippen molar-refractivity contribution in [3.63, 3.8) is 0 Å². The number of nitrogens with one attached hydrogen (secondary N) is 2. The monoisotopic (exact) mass is 653 g/mol. The van der Waals surface area contributed by atoms with Crippen LogP contribution < -0.4 is 25.5 Å². The maximum Gasteiger partial charge on any atom is 0.321 e. The van der Waals surface area contributed by atoms with Gasteiger partial charge in [0.1, 0.15) is 28.4 Å². The van der Waals surface area contributed by atoms with Crippen LogP contribution in [-0.4, -0.2) is 73.6 Å². The minimum Gasteiger partial charge on any atom is -0.497 e. The highest BCUT2D eigenvalue weighted by atomic mass is 35.5. The first-order valence-corrected chi connectivity index (χ1v) is 13.9. The van der Waals surface area contributed by atoms with E-state index in [1.807, 2.05) is 6.92 Å². The first-order valence-electron chi connectivity index (χ1n) is 13.9. The van der Waals surface area contributed by atoms with E-state index in [4.69, 9.17) is 24.1 Å². The number of methoxy groups -OCH3 is 1. The van der Waals surface area contributed by atoms with Crippen LogP contribution in [0, 0.1) is 5.82 Å². The molecule has 1 aromatic heterocycles. The molecule has 3 rings (SSSR count). The van der Waals surface area contributed by atoms with Gasteiger partial charge in [0.25, 0.3) is 0 Å². The fraction of sp³-hybridized carbons (Fsp3) is 0.419. The van der Waals surface area contributed by atoms with Gasteiger partial charge in [-0.1, -0.05) is 19.1 Å². The summed E-state index contributed by atoms with van der Waals surface area (Å²) in [4.78, 5) is 46.2. The summed E-state index contributed by atoms with van der Waals surface area (Å²) in [5.41, 5.74) is 0.0983. The Morgan fingerprint density at radius 1 is 1.00 bits per heavy atom. The molecule has 0 aliphatic rings. The van der Waals surface area contributed by atoms with Crippen molar-refractivity contribution >= 4 is 41.2 Å². The molecule has 0 saturated carbocycles. The van der Waals surface area contributed by atoms with E-state index < -0.39 is 34.8 Å². The number of halogens is 2. The van der Waals surface area contributed by atoms with E-state index in [0.717, 1.165) is 6.42 Å². The molecule has 0 aliphatic carbocycles. The van der Waals surface area contributed by atoms with Crippen molar-refractivity contribution in [2.45, 2.75) is 46.4 Å². The second kappa shape index (κ2) is 18.6. The molecule has 248 valence electrons. The predicted octanol–water partition coefficient (Wildman–Crippen LogP) is 3.75. The van der Waals surface area contributed by atoms with Gasteiger partial charge in [0.15, 0.2) is 12.2 Å². The molecule has 14 heteroatoms. The zero-order chi connectivity index (χ0) is 32.9. The van der Waals surface area contributed by atoms with Crippen molar-refractivity contribution < 1.29 is 42.8 Å². The number of carboxylic acids is 1. The van der Waals surface area contributed by atoms with Crippen molar-refractivity contribution in [1.82, 2.24) is 15.2 Å². The van der Waals surface area contributed by atoms with Gasteiger partial charge in [-0.05, 0) is 64.1 Å². The van der Waals surface area contributed by atoms with Crippen molar-refractivity contribution in [2.75, 3.05) is 40.4 Å². The quantitative estimate of drug-likeness (QED) is 0.231. The lowest BCUT2D eigenvalue weighted by Crippen LogP contribution is -2.33. The second-order valence-corrected chi connectivity index (χ2v) is 10.4. The molecule has 0 aliphatic heterocycles. The van der Waals surface area contributed by atoms with Crippen LogP contribution >= 0.6 is 12.4 Å². The van der Waals surface area contributed by atoms with E-state index >= 15 is 0 Å². The van der Waals surface area contributed by atoms with Gasteiger partial charge in [0, 0.05) is 11.8 Å². The van der Waals surface area contributed by atoms with Gasteiger partial charge in [0.2, 0.25) is 0 Å². The Morgan fingerprint density at radius 2 is 1.67 bits per heavy atom. The average Bonchev–Trinajstić information content (AvgIpc) is 2.96. The Balaban J connectivity index is 0.000000615. The maximum absolute atomic E-state index is 14.9. The Morgan fingerprint density at radius 3 is 2.22 bits per heavy atom. The molecule has 2 aromatic carbocycles. The lowest BCUT2D eigenvalue weighted by Gasteiger charge is -2.19. The Bertz CT molecular complexity index is 1490. The van der Waals surface area contributed by atoms with Gasteiger partial charge in [-0.25, -0.2) is 4.39 Å². The topological polar surface area (TPSA) is 154 Å². The van der Waals surface area contributed by atoms with Gasteiger partial charge >= 0.3 is 17.9 Å². The number of esters is 2. The molecular weight excluding hydrogens is 613 g/mol. The van der Waals surface area contributed by atoms with Crippen molar-refractivity contribution in [3.05, 3.63) is 58.6 Å². The molecule has 0 saturated heterocycles. The van der Waals surface area contributed by atoms with Crippen LogP contribution in [0.3, 0.4) is 0 Å². The third-order valence-corrected chi connectivity index (χ3v) is 5.65. The largest absolute Gasteiger partial charge is 0.497 e. The molecule has 1 heterocycles. The molecule has 12 nitrogen and oxygen atoms in total. The van der Waals surface area contributed by atoms with Crippen LogP contribution in [0.4, 0.5) is 4.39 Å². The molecular formula is C31H41ClFN3O9. The third-order valence-electron chi connectivity index (χ3n) is 5.65. The molecule has 0 spiro atoms. The number of carboxylic acid groups (broad SMARTS) is 1. The lowest BCUT2D eigenvalue weighted by molar-refractivity contribution is -0.153. The number of benzene rings is 2. The molecule has 0 atom stereocenters. The van der Waals surface area contributed by atoms with Crippen LogP contribution in [0.5, 0.6) is 11.5 Å². The number of carbonyl (C=O) groups excluding carboxylic acids is 2.